The predicted molar refractivity (Wildman–Crippen MR) is 102 cm³/mol. The van der Waals surface area contributed by atoms with Gasteiger partial charge in [-0.25, -0.2) is 9.37 Å². The predicted octanol–water partition coefficient (Wildman–Crippen LogP) is 4.57. The van der Waals surface area contributed by atoms with Gasteiger partial charge >= 0.3 is 0 Å². The zero-order chi connectivity index (χ0) is 18.7. The van der Waals surface area contributed by atoms with Crippen molar-refractivity contribution in [2.24, 2.45) is 0 Å². The van der Waals surface area contributed by atoms with Gasteiger partial charge in [-0.2, -0.15) is 0 Å². The fraction of sp³-hybridized carbons (Fsp3) is 0.200. The standard InChI is InChI=1S/C20H20FN3OS/c1-14(15-7-9-17(21)10-8-15)23(2)19(25)16-5-4-6-18(13-16)24-12-11-22-20(24)26-3/h4-14H,1-3H3. The molecule has 134 valence electrons. The third-order valence-corrected chi connectivity index (χ3v) is 5.08. The first kappa shape index (κ1) is 18.2. The number of hydrogen-bond donors (Lipinski definition) is 0. The van der Waals surface area contributed by atoms with E-state index in [0.717, 1.165) is 16.4 Å². The summed E-state index contributed by atoms with van der Waals surface area (Å²) < 4.78 is 15.1. The van der Waals surface area contributed by atoms with Gasteiger partial charge in [0.05, 0.1) is 6.04 Å². The molecule has 0 saturated carbocycles. The molecule has 1 unspecified atom stereocenters. The first-order valence-corrected chi connectivity index (χ1v) is 9.44. The van der Waals surface area contributed by atoms with Gasteiger partial charge in [-0.1, -0.05) is 30.0 Å². The largest absolute Gasteiger partial charge is 0.335 e. The van der Waals surface area contributed by atoms with E-state index in [9.17, 15) is 9.18 Å². The van der Waals surface area contributed by atoms with Gasteiger partial charge in [-0.3, -0.25) is 9.36 Å². The summed E-state index contributed by atoms with van der Waals surface area (Å²) in [6.07, 6.45) is 5.58. The maximum Gasteiger partial charge on any atom is 0.254 e. The summed E-state index contributed by atoms with van der Waals surface area (Å²) in [5, 5.41) is 0.864. The van der Waals surface area contributed by atoms with Crippen LogP contribution in [-0.2, 0) is 0 Å². The molecule has 4 nitrogen and oxygen atoms in total. The number of amides is 1. The molecule has 0 spiro atoms. The molecule has 0 saturated heterocycles. The SMILES string of the molecule is CSc1nccn1-c1cccc(C(=O)N(C)C(C)c2ccc(F)cc2)c1. The van der Waals surface area contributed by atoms with Crippen molar-refractivity contribution in [3.8, 4) is 5.69 Å². The molecule has 1 amide bonds. The van der Waals surface area contributed by atoms with Crippen molar-refractivity contribution < 1.29 is 9.18 Å². The van der Waals surface area contributed by atoms with Gasteiger partial charge in [-0.05, 0) is 49.1 Å². The minimum atomic E-state index is -0.285. The molecule has 1 heterocycles. The molecular weight excluding hydrogens is 349 g/mol. The van der Waals surface area contributed by atoms with Crippen molar-refractivity contribution in [3.63, 3.8) is 0 Å². The second kappa shape index (κ2) is 7.74. The van der Waals surface area contributed by atoms with Crippen molar-refractivity contribution in [1.82, 2.24) is 14.5 Å². The molecule has 2 aromatic carbocycles. The Labute approximate surface area is 156 Å². The molecule has 3 rings (SSSR count). The van der Waals surface area contributed by atoms with Gasteiger partial charge in [0.1, 0.15) is 5.82 Å². The Morgan fingerprint density at radius 1 is 1.23 bits per heavy atom. The van der Waals surface area contributed by atoms with Crippen molar-refractivity contribution in [2.45, 2.75) is 18.1 Å². The number of halogens is 1. The number of hydrogen-bond acceptors (Lipinski definition) is 3. The van der Waals surface area contributed by atoms with E-state index in [4.69, 9.17) is 0 Å². The van der Waals surface area contributed by atoms with E-state index >= 15 is 0 Å². The molecule has 1 aromatic heterocycles. The Balaban J connectivity index is 1.85. The monoisotopic (exact) mass is 369 g/mol. The Kier molecular flexibility index (Phi) is 5.42. The van der Waals surface area contributed by atoms with Crippen molar-refractivity contribution in [2.75, 3.05) is 13.3 Å². The quantitative estimate of drug-likeness (QED) is 0.619. The van der Waals surface area contributed by atoms with Crippen LogP contribution in [0, 0.1) is 5.82 Å². The summed E-state index contributed by atoms with van der Waals surface area (Å²) in [7, 11) is 1.76. The van der Waals surface area contributed by atoms with E-state index in [2.05, 4.69) is 4.98 Å². The maximum absolute atomic E-state index is 13.1. The van der Waals surface area contributed by atoms with Crippen LogP contribution in [-0.4, -0.2) is 33.7 Å². The number of benzene rings is 2. The van der Waals surface area contributed by atoms with Crippen molar-refractivity contribution in [1.29, 1.82) is 0 Å². The normalized spacial score (nSPS) is 12.0. The van der Waals surface area contributed by atoms with Gasteiger partial charge in [0.2, 0.25) is 0 Å². The highest BCUT2D eigenvalue weighted by atomic mass is 32.2. The second-order valence-electron chi connectivity index (χ2n) is 5.98. The van der Waals surface area contributed by atoms with Crippen LogP contribution in [0.15, 0.2) is 66.1 Å². The lowest BCUT2D eigenvalue weighted by Gasteiger charge is -2.25. The lowest BCUT2D eigenvalue weighted by Crippen LogP contribution is -2.29. The van der Waals surface area contributed by atoms with Crippen molar-refractivity contribution in [3.05, 3.63) is 77.9 Å². The first-order valence-electron chi connectivity index (χ1n) is 8.21. The van der Waals surface area contributed by atoms with Gasteiger partial charge < -0.3 is 4.90 Å². The summed E-state index contributed by atoms with van der Waals surface area (Å²) in [5.74, 6) is -0.373. The number of aromatic nitrogens is 2. The molecule has 6 heteroatoms. The highest BCUT2D eigenvalue weighted by molar-refractivity contribution is 7.98. The molecule has 26 heavy (non-hydrogen) atoms. The highest BCUT2D eigenvalue weighted by Gasteiger charge is 2.19. The molecule has 3 aromatic rings. The summed E-state index contributed by atoms with van der Waals surface area (Å²) in [4.78, 5) is 18.9. The second-order valence-corrected chi connectivity index (χ2v) is 6.75. The number of carbonyl (C=O) groups excluding carboxylic acids is 1. The zero-order valence-corrected chi connectivity index (χ0v) is 15.7. The molecule has 0 radical (unpaired) electrons. The molecular formula is C20H20FN3OS. The minimum Gasteiger partial charge on any atom is -0.335 e. The number of rotatable bonds is 5. The number of carbonyl (C=O) groups is 1. The zero-order valence-electron chi connectivity index (χ0n) is 14.9. The third-order valence-electron chi connectivity index (χ3n) is 4.41. The molecule has 0 aliphatic rings. The molecule has 1 atom stereocenters. The van der Waals surface area contributed by atoms with Gasteiger partial charge in [-0.15, -0.1) is 0 Å². The smallest absolute Gasteiger partial charge is 0.254 e. The van der Waals surface area contributed by atoms with E-state index < -0.39 is 0 Å². The fourth-order valence-corrected chi connectivity index (χ4v) is 3.30. The average Bonchev–Trinajstić information content (AvgIpc) is 3.16. The minimum absolute atomic E-state index is 0.0884. The molecule has 0 bridgehead atoms. The lowest BCUT2D eigenvalue weighted by molar-refractivity contribution is 0.0742. The summed E-state index contributed by atoms with van der Waals surface area (Å²) in [5.41, 5.74) is 2.37. The lowest BCUT2D eigenvalue weighted by atomic mass is 10.1. The fourth-order valence-electron chi connectivity index (χ4n) is 2.77. The van der Waals surface area contributed by atoms with E-state index in [1.54, 1.807) is 48.1 Å². The van der Waals surface area contributed by atoms with Crippen LogP contribution in [0.4, 0.5) is 4.39 Å². The Morgan fingerprint density at radius 2 is 1.96 bits per heavy atom. The summed E-state index contributed by atoms with van der Waals surface area (Å²) in [6.45, 7) is 1.93. The summed E-state index contributed by atoms with van der Waals surface area (Å²) >= 11 is 1.55. The van der Waals surface area contributed by atoms with Crippen LogP contribution in [0.25, 0.3) is 5.69 Å². The maximum atomic E-state index is 13.1. The van der Waals surface area contributed by atoms with Crippen molar-refractivity contribution >= 4 is 17.7 Å². The molecule has 0 N–H and O–H groups in total. The van der Waals surface area contributed by atoms with E-state index in [-0.39, 0.29) is 17.8 Å². The van der Waals surface area contributed by atoms with E-state index in [0.29, 0.717) is 5.56 Å². The van der Waals surface area contributed by atoms with Crippen LogP contribution < -0.4 is 0 Å². The van der Waals surface area contributed by atoms with Crippen LogP contribution in [0.3, 0.4) is 0 Å². The van der Waals surface area contributed by atoms with Gasteiger partial charge in [0.15, 0.2) is 5.16 Å². The number of thioether (sulfide) groups is 1. The summed E-state index contributed by atoms with van der Waals surface area (Å²) in [6, 6.07) is 13.5. The van der Waals surface area contributed by atoms with Crippen LogP contribution in [0.2, 0.25) is 0 Å². The van der Waals surface area contributed by atoms with Crippen LogP contribution >= 0.6 is 11.8 Å². The Hall–Kier alpha value is -2.60. The Morgan fingerprint density at radius 3 is 2.65 bits per heavy atom. The molecule has 0 aliphatic heterocycles. The van der Waals surface area contributed by atoms with E-state index in [1.165, 1.54) is 12.1 Å². The molecule has 0 fully saturated rings. The van der Waals surface area contributed by atoms with Gasteiger partial charge in [0.25, 0.3) is 5.91 Å². The number of imidazole rings is 1. The average molecular weight is 369 g/mol. The topological polar surface area (TPSA) is 38.1 Å². The molecule has 0 aliphatic carbocycles. The first-order chi connectivity index (χ1) is 12.5. The van der Waals surface area contributed by atoms with Crippen LogP contribution in [0.5, 0.6) is 0 Å². The third kappa shape index (κ3) is 3.65. The Bertz CT molecular complexity index is 907. The van der Waals surface area contributed by atoms with Crippen LogP contribution in [0.1, 0.15) is 28.9 Å². The van der Waals surface area contributed by atoms with E-state index in [1.807, 2.05) is 42.1 Å². The van der Waals surface area contributed by atoms with Gasteiger partial charge in [0, 0.05) is 30.7 Å². The highest BCUT2D eigenvalue weighted by Crippen LogP contribution is 2.23. The number of nitrogens with zero attached hydrogens (tertiary/aromatic N) is 3.